The Morgan fingerprint density at radius 3 is 1.90 bits per heavy atom. The van der Waals surface area contributed by atoms with Crippen molar-refractivity contribution in [3.8, 4) is 0 Å². The Bertz CT molecular complexity index is 175. The van der Waals surface area contributed by atoms with Gasteiger partial charge in [-0.3, -0.25) is 0 Å². The summed E-state index contributed by atoms with van der Waals surface area (Å²) in [5.41, 5.74) is 1.41. The van der Waals surface area contributed by atoms with Crippen LogP contribution in [-0.2, 0) is 0 Å². The van der Waals surface area contributed by atoms with E-state index < -0.39 is 0 Å². The van der Waals surface area contributed by atoms with Gasteiger partial charge in [-0.1, -0.05) is 44.2 Å². The Morgan fingerprint density at radius 2 is 1.60 bits per heavy atom. The first-order valence-corrected chi connectivity index (χ1v) is 3.35. The molecule has 0 heterocycles. The van der Waals surface area contributed by atoms with Gasteiger partial charge in [0.1, 0.15) is 0 Å². The summed E-state index contributed by atoms with van der Waals surface area (Å²) in [5, 5.41) is 0. The normalized spacial score (nSPS) is 9.10. The van der Waals surface area contributed by atoms with E-state index in [9.17, 15) is 0 Å². The molecule has 0 saturated carbocycles. The summed E-state index contributed by atoms with van der Waals surface area (Å²) in [6.07, 6.45) is 0. The molecule has 1 aromatic rings. The van der Waals surface area contributed by atoms with Crippen LogP contribution in [0.15, 0.2) is 30.3 Å². The SMILES string of the molecule is CC(C)c1ccccc1.[Ca+2].[H-].[H-]. The van der Waals surface area contributed by atoms with Crippen LogP contribution in [0, 0.1) is 0 Å². The zero-order valence-electron chi connectivity index (χ0n) is 8.67. The fourth-order valence-electron chi connectivity index (χ4n) is 0.838. The van der Waals surface area contributed by atoms with Gasteiger partial charge in [0.05, 0.1) is 0 Å². The molecule has 0 bridgehead atoms. The molecule has 0 spiro atoms. The molecule has 52 valence electrons. The van der Waals surface area contributed by atoms with E-state index in [0.29, 0.717) is 5.92 Å². The van der Waals surface area contributed by atoms with Crippen molar-refractivity contribution in [3.05, 3.63) is 35.9 Å². The first-order chi connectivity index (χ1) is 4.30. The summed E-state index contributed by atoms with van der Waals surface area (Å²) in [5.74, 6) is 0.659. The largest absolute Gasteiger partial charge is 2.00 e. The van der Waals surface area contributed by atoms with Crippen molar-refractivity contribution in [1.29, 1.82) is 0 Å². The molecule has 1 aromatic carbocycles. The summed E-state index contributed by atoms with van der Waals surface area (Å²) in [6.45, 7) is 4.41. The molecule has 0 aromatic heterocycles. The predicted octanol–water partition coefficient (Wildman–Crippen LogP) is 2.65. The second-order valence-electron chi connectivity index (χ2n) is 2.57. The van der Waals surface area contributed by atoms with E-state index in [4.69, 9.17) is 0 Å². The summed E-state index contributed by atoms with van der Waals surface area (Å²) in [6, 6.07) is 10.5. The van der Waals surface area contributed by atoms with E-state index in [-0.39, 0.29) is 40.6 Å². The average Bonchev–Trinajstić information content (AvgIpc) is 1.90. The van der Waals surface area contributed by atoms with Crippen LogP contribution in [0.4, 0.5) is 0 Å². The molecular formula is C9H14Ca. The van der Waals surface area contributed by atoms with Gasteiger partial charge in [-0.15, -0.1) is 0 Å². The van der Waals surface area contributed by atoms with Gasteiger partial charge in [-0.2, -0.15) is 0 Å². The standard InChI is InChI=1S/C9H12.Ca.2H/c1-8(2)9-6-4-3-5-7-9;;;/h3-8H,1-2H3;;;/q;+2;2*-1. The average molecular weight is 162 g/mol. The molecule has 10 heavy (non-hydrogen) atoms. The topological polar surface area (TPSA) is 0 Å². The summed E-state index contributed by atoms with van der Waals surface area (Å²) in [7, 11) is 0. The van der Waals surface area contributed by atoms with E-state index in [1.54, 1.807) is 0 Å². The zero-order chi connectivity index (χ0) is 6.69. The van der Waals surface area contributed by atoms with Crippen molar-refractivity contribution < 1.29 is 2.85 Å². The second-order valence-corrected chi connectivity index (χ2v) is 2.57. The van der Waals surface area contributed by atoms with Crippen LogP contribution in [0.3, 0.4) is 0 Å². The van der Waals surface area contributed by atoms with Gasteiger partial charge in [-0.25, -0.2) is 0 Å². The third-order valence-corrected chi connectivity index (χ3v) is 1.47. The maximum absolute atomic E-state index is 2.20. The Balaban J connectivity index is -0.000000270. The maximum atomic E-state index is 2.20. The van der Waals surface area contributed by atoms with Gasteiger partial charge in [0.25, 0.3) is 0 Å². The predicted molar refractivity (Wildman–Crippen MR) is 48.5 cm³/mol. The van der Waals surface area contributed by atoms with Gasteiger partial charge in [0.2, 0.25) is 0 Å². The van der Waals surface area contributed by atoms with E-state index in [2.05, 4.69) is 38.1 Å². The van der Waals surface area contributed by atoms with Crippen molar-refractivity contribution in [2.45, 2.75) is 19.8 Å². The third kappa shape index (κ3) is 3.05. The fourth-order valence-corrected chi connectivity index (χ4v) is 0.838. The molecular weight excluding hydrogens is 148 g/mol. The van der Waals surface area contributed by atoms with Crippen LogP contribution >= 0.6 is 0 Å². The van der Waals surface area contributed by atoms with Crippen molar-refractivity contribution in [1.82, 2.24) is 0 Å². The number of rotatable bonds is 1. The zero-order valence-corrected chi connectivity index (χ0v) is 8.88. The molecule has 0 unspecified atom stereocenters. The maximum Gasteiger partial charge on any atom is 2.00 e. The quantitative estimate of drug-likeness (QED) is 0.557. The van der Waals surface area contributed by atoms with Gasteiger partial charge < -0.3 is 2.85 Å². The van der Waals surface area contributed by atoms with Crippen molar-refractivity contribution in [3.63, 3.8) is 0 Å². The monoisotopic (exact) mass is 162 g/mol. The van der Waals surface area contributed by atoms with Crippen molar-refractivity contribution in [2.24, 2.45) is 0 Å². The number of benzene rings is 1. The summed E-state index contributed by atoms with van der Waals surface area (Å²) < 4.78 is 0. The molecule has 0 radical (unpaired) electrons. The molecule has 0 nitrogen and oxygen atoms in total. The third-order valence-electron chi connectivity index (χ3n) is 1.47. The molecule has 0 fully saturated rings. The van der Waals surface area contributed by atoms with Gasteiger partial charge in [0, 0.05) is 0 Å². The molecule has 0 aliphatic rings. The fraction of sp³-hybridized carbons (Fsp3) is 0.333. The van der Waals surface area contributed by atoms with Gasteiger partial charge in [0.15, 0.2) is 0 Å². The van der Waals surface area contributed by atoms with Crippen LogP contribution < -0.4 is 0 Å². The summed E-state index contributed by atoms with van der Waals surface area (Å²) >= 11 is 0. The van der Waals surface area contributed by atoms with Crippen LogP contribution in [0.5, 0.6) is 0 Å². The Hall–Kier alpha value is 0.480. The molecule has 0 N–H and O–H groups in total. The van der Waals surface area contributed by atoms with Crippen LogP contribution in [0.2, 0.25) is 0 Å². The number of hydrogen-bond donors (Lipinski definition) is 0. The van der Waals surface area contributed by atoms with E-state index in [1.165, 1.54) is 5.56 Å². The van der Waals surface area contributed by atoms with Crippen LogP contribution in [0.1, 0.15) is 28.2 Å². The Labute approximate surface area is 95.6 Å². The summed E-state index contributed by atoms with van der Waals surface area (Å²) in [4.78, 5) is 0. The molecule has 0 atom stereocenters. The molecule has 0 aliphatic heterocycles. The smallest absolute Gasteiger partial charge is 1.00 e. The molecule has 0 saturated heterocycles. The van der Waals surface area contributed by atoms with Gasteiger partial charge >= 0.3 is 37.7 Å². The second kappa shape index (κ2) is 5.17. The number of hydrogen-bond acceptors (Lipinski definition) is 0. The minimum Gasteiger partial charge on any atom is -1.00 e. The minimum absolute atomic E-state index is 0. The molecule has 1 rings (SSSR count). The Morgan fingerprint density at radius 1 is 1.10 bits per heavy atom. The first kappa shape index (κ1) is 10.5. The van der Waals surface area contributed by atoms with E-state index in [0.717, 1.165) is 0 Å². The first-order valence-electron chi connectivity index (χ1n) is 3.35. The van der Waals surface area contributed by atoms with Crippen molar-refractivity contribution in [2.75, 3.05) is 0 Å². The minimum atomic E-state index is 0. The van der Waals surface area contributed by atoms with Crippen molar-refractivity contribution >= 4 is 37.7 Å². The molecule has 0 amide bonds. The van der Waals surface area contributed by atoms with Crippen LogP contribution in [-0.4, -0.2) is 37.7 Å². The molecule has 1 heteroatoms. The molecule has 0 aliphatic carbocycles. The Kier molecular flexibility index (Phi) is 5.42. The van der Waals surface area contributed by atoms with Gasteiger partial charge in [-0.05, 0) is 11.5 Å². The van der Waals surface area contributed by atoms with E-state index in [1.807, 2.05) is 6.07 Å². The van der Waals surface area contributed by atoms with Crippen LogP contribution in [0.25, 0.3) is 0 Å². The van der Waals surface area contributed by atoms with E-state index >= 15 is 0 Å².